The number of carbonyl (C=O) groups is 1. The molecule has 6 heteroatoms. The third kappa shape index (κ3) is 2.15. The number of carbonyl (C=O) groups excluding carboxylic acids is 1. The summed E-state index contributed by atoms with van der Waals surface area (Å²) in [5.74, 6) is -0.506. The van der Waals surface area contributed by atoms with E-state index in [-0.39, 0.29) is 11.3 Å². The van der Waals surface area contributed by atoms with Crippen molar-refractivity contribution in [1.82, 2.24) is 10.3 Å². The fourth-order valence-electron chi connectivity index (χ4n) is 2.32. The highest BCUT2D eigenvalue weighted by atomic mass is 16.4. The van der Waals surface area contributed by atoms with E-state index < -0.39 is 5.76 Å². The first kappa shape index (κ1) is 12.0. The van der Waals surface area contributed by atoms with Crippen LogP contribution in [0.3, 0.4) is 0 Å². The van der Waals surface area contributed by atoms with E-state index >= 15 is 0 Å². The second kappa shape index (κ2) is 4.24. The van der Waals surface area contributed by atoms with E-state index in [0.717, 1.165) is 13.0 Å². The predicted molar refractivity (Wildman–Crippen MR) is 71.1 cm³/mol. The third-order valence-electron chi connectivity index (χ3n) is 3.59. The molecule has 0 saturated carbocycles. The maximum absolute atomic E-state index is 12.2. The van der Waals surface area contributed by atoms with Crippen molar-refractivity contribution in [2.24, 2.45) is 5.41 Å². The van der Waals surface area contributed by atoms with Crippen LogP contribution >= 0.6 is 0 Å². The van der Waals surface area contributed by atoms with Crippen LogP contribution in [0, 0.1) is 5.41 Å². The molecule has 100 valence electrons. The van der Waals surface area contributed by atoms with Gasteiger partial charge in [-0.3, -0.25) is 9.78 Å². The molecule has 1 aliphatic rings. The lowest BCUT2D eigenvalue weighted by atomic mass is 9.89. The van der Waals surface area contributed by atoms with E-state index in [0.29, 0.717) is 23.3 Å². The summed E-state index contributed by atoms with van der Waals surface area (Å²) < 4.78 is 4.91. The van der Waals surface area contributed by atoms with Crippen LogP contribution in [0.1, 0.15) is 13.3 Å². The largest absolute Gasteiger partial charge is 0.417 e. The van der Waals surface area contributed by atoms with Gasteiger partial charge in [-0.05, 0) is 38.1 Å². The van der Waals surface area contributed by atoms with Crippen LogP contribution < -0.4 is 16.4 Å². The summed E-state index contributed by atoms with van der Waals surface area (Å²) in [6.45, 7) is 3.49. The quantitative estimate of drug-likeness (QED) is 0.754. The zero-order valence-electron chi connectivity index (χ0n) is 10.6. The maximum Gasteiger partial charge on any atom is 0.417 e. The molecule has 1 fully saturated rings. The molecule has 0 aliphatic carbocycles. The zero-order chi connectivity index (χ0) is 13.5. The predicted octanol–water partition coefficient (Wildman–Crippen LogP) is 1.06. The summed E-state index contributed by atoms with van der Waals surface area (Å²) in [6, 6.07) is 5.09. The van der Waals surface area contributed by atoms with Crippen molar-refractivity contribution in [1.29, 1.82) is 0 Å². The number of aromatic nitrogens is 1. The first-order valence-electron chi connectivity index (χ1n) is 6.22. The Labute approximate surface area is 109 Å². The number of benzene rings is 1. The molecule has 1 saturated heterocycles. The molecule has 1 aromatic heterocycles. The van der Waals surface area contributed by atoms with Gasteiger partial charge >= 0.3 is 5.76 Å². The molecule has 0 spiro atoms. The average molecular weight is 261 g/mol. The fraction of sp³-hybridized carbons (Fsp3) is 0.385. The van der Waals surface area contributed by atoms with Crippen molar-refractivity contribution >= 4 is 22.7 Å². The van der Waals surface area contributed by atoms with Gasteiger partial charge in [0.15, 0.2) is 5.58 Å². The molecule has 6 nitrogen and oxygen atoms in total. The molecule has 2 aromatic rings. The molecular weight excluding hydrogens is 246 g/mol. The number of hydrogen-bond acceptors (Lipinski definition) is 4. The second-order valence-corrected chi connectivity index (χ2v) is 5.17. The topological polar surface area (TPSA) is 87.1 Å². The second-order valence-electron chi connectivity index (χ2n) is 5.17. The van der Waals surface area contributed by atoms with E-state index in [4.69, 9.17) is 4.42 Å². The molecular formula is C13H15N3O3. The van der Waals surface area contributed by atoms with Gasteiger partial charge in [0, 0.05) is 12.2 Å². The van der Waals surface area contributed by atoms with Crippen LogP contribution in [-0.2, 0) is 4.79 Å². The third-order valence-corrected chi connectivity index (χ3v) is 3.59. The van der Waals surface area contributed by atoms with Gasteiger partial charge in [0.1, 0.15) is 0 Å². The van der Waals surface area contributed by atoms with Crippen molar-refractivity contribution in [2.45, 2.75) is 13.3 Å². The van der Waals surface area contributed by atoms with Crippen molar-refractivity contribution in [3.05, 3.63) is 28.7 Å². The number of hydrogen-bond donors (Lipinski definition) is 3. The molecule has 1 aromatic carbocycles. The van der Waals surface area contributed by atoms with Crippen molar-refractivity contribution < 1.29 is 9.21 Å². The molecule has 0 bridgehead atoms. The van der Waals surface area contributed by atoms with Gasteiger partial charge in [-0.15, -0.1) is 0 Å². The molecule has 2 heterocycles. The van der Waals surface area contributed by atoms with Crippen LogP contribution in [-0.4, -0.2) is 24.0 Å². The van der Waals surface area contributed by atoms with Crippen LogP contribution in [0.5, 0.6) is 0 Å². The first-order valence-corrected chi connectivity index (χ1v) is 6.22. The number of anilines is 1. The van der Waals surface area contributed by atoms with Crippen LogP contribution in [0.2, 0.25) is 0 Å². The number of amides is 1. The van der Waals surface area contributed by atoms with E-state index in [2.05, 4.69) is 15.6 Å². The Bertz CT molecular complexity index is 680. The summed E-state index contributed by atoms with van der Waals surface area (Å²) in [5.41, 5.74) is 1.34. The minimum Gasteiger partial charge on any atom is -0.408 e. The summed E-state index contributed by atoms with van der Waals surface area (Å²) >= 11 is 0. The van der Waals surface area contributed by atoms with E-state index in [1.807, 2.05) is 6.92 Å². The van der Waals surface area contributed by atoms with Gasteiger partial charge in [-0.1, -0.05) is 0 Å². The lowest BCUT2D eigenvalue weighted by Gasteiger charge is -2.21. The number of nitrogens with one attached hydrogen (secondary N) is 3. The van der Waals surface area contributed by atoms with Gasteiger partial charge in [-0.2, -0.15) is 0 Å². The maximum atomic E-state index is 12.2. The molecule has 19 heavy (non-hydrogen) atoms. The van der Waals surface area contributed by atoms with Crippen molar-refractivity contribution in [3.8, 4) is 0 Å². The number of fused-ring (bicyclic) bond motifs is 1. The molecule has 1 unspecified atom stereocenters. The molecule has 0 radical (unpaired) electrons. The highest BCUT2D eigenvalue weighted by molar-refractivity contribution is 5.96. The van der Waals surface area contributed by atoms with Gasteiger partial charge in [0.2, 0.25) is 5.91 Å². The van der Waals surface area contributed by atoms with Gasteiger partial charge in [0.05, 0.1) is 10.9 Å². The van der Waals surface area contributed by atoms with E-state index in [9.17, 15) is 9.59 Å². The Kier molecular flexibility index (Phi) is 2.67. The van der Waals surface area contributed by atoms with Crippen LogP contribution in [0.15, 0.2) is 27.4 Å². The Morgan fingerprint density at radius 3 is 3.05 bits per heavy atom. The van der Waals surface area contributed by atoms with Crippen LogP contribution in [0.25, 0.3) is 11.1 Å². The standard InChI is InChI=1S/C13H15N3O3/c1-13(4-5-14-7-13)11(17)15-8-2-3-10-9(6-8)16-12(18)19-10/h2-3,6,14H,4-5,7H2,1H3,(H,15,17)(H,16,18). The first-order chi connectivity index (χ1) is 9.07. The van der Waals surface area contributed by atoms with Crippen molar-refractivity contribution in [3.63, 3.8) is 0 Å². The van der Waals surface area contributed by atoms with Gasteiger partial charge in [-0.25, -0.2) is 4.79 Å². The van der Waals surface area contributed by atoms with Gasteiger partial charge < -0.3 is 15.1 Å². The Morgan fingerprint density at radius 1 is 1.47 bits per heavy atom. The highest BCUT2D eigenvalue weighted by Crippen LogP contribution is 2.27. The monoisotopic (exact) mass is 261 g/mol. The average Bonchev–Trinajstić information content (AvgIpc) is 2.95. The number of H-pyrrole nitrogens is 1. The summed E-state index contributed by atoms with van der Waals surface area (Å²) in [4.78, 5) is 25.9. The molecule has 3 rings (SSSR count). The lowest BCUT2D eigenvalue weighted by molar-refractivity contribution is -0.123. The van der Waals surface area contributed by atoms with E-state index in [1.54, 1.807) is 18.2 Å². The molecule has 1 amide bonds. The summed E-state index contributed by atoms with van der Waals surface area (Å²) in [5, 5.41) is 6.07. The SMILES string of the molecule is CC1(C(=O)Nc2ccc3oc(=O)[nH]c3c2)CCNC1. The summed E-state index contributed by atoms with van der Waals surface area (Å²) in [7, 11) is 0. The minimum absolute atomic E-state index is 0.0114. The lowest BCUT2D eigenvalue weighted by Crippen LogP contribution is -2.35. The van der Waals surface area contributed by atoms with Gasteiger partial charge in [0.25, 0.3) is 0 Å². The fourth-order valence-corrected chi connectivity index (χ4v) is 2.32. The molecule has 3 N–H and O–H groups in total. The zero-order valence-corrected chi connectivity index (χ0v) is 10.6. The highest BCUT2D eigenvalue weighted by Gasteiger charge is 2.36. The number of rotatable bonds is 2. The Morgan fingerprint density at radius 2 is 2.32 bits per heavy atom. The smallest absolute Gasteiger partial charge is 0.408 e. The number of oxazole rings is 1. The van der Waals surface area contributed by atoms with Crippen molar-refractivity contribution in [2.75, 3.05) is 18.4 Å². The van der Waals surface area contributed by atoms with E-state index in [1.165, 1.54) is 0 Å². The number of aromatic amines is 1. The minimum atomic E-state index is -0.495. The Balaban J connectivity index is 1.84. The molecule has 1 atom stereocenters. The normalized spacial score (nSPS) is 22.8. The van der Waals surface area contributed by atoms with Crippen LogP contribution in [0.4, 0.5) is 5.69 Å². The molecule has 1 aliphatic heterocycles. The Hall–Kier alpha value is -2.08. The summed E-state index contributed by atoms with van der Waals surface area (Å²) in [6.07, 6.45) is 0.823.